The minimum Gasteiger partial charge on any atom is -0.366 e. The van der Waals surface area contributed by atoms with E-state index in [-0.39, 0.29) is 24.2 Å². The smallest absolute Gasteiger partial charge is 0.258 e. The van der Waals surface area contributed by atoms with Crippen molar-refractivity contribution in [2.24, 2.45) is 5.73 Å². The summed E-state index contributed by atoms with van der Waals surface area (Å²) in [7, 11) is 0. The Morgan fingerprint density at radius 2 is 1.77 bits per heavy atom. The van der Waals surface area contributed by atoms with Gasteiger partial charge in [0.2, 0.25) is 5.91 Å². The fourth-order valence-electron chi connectivity index (χ4n) is 6.21. The largest absolute Gasteiger partial charge is 0.366 e. The Bertz CT molecular complexity index is 1930. The van der Waals surface area contributed by atoms with Crippen molar-refractivity contribution in [2.75, 3.05) is 16.3 Å². The maximum atomic E-state index is 13.9. The monoisotopic (exact) mass is 532 g/mol. The van der Waals surface area contributed by atoms with E-state index in [1.807, 2.05) is 49.4 Å². The number of halogens is 1. The zero-order chi connectivity index (χ0) is 27.7. The number of aromatic amines is 1. The Labute approximate surface area is 229 Å². The van der Waals surface area contributed by atoms with E-state index in [1.54, 1.807) is 15.9 Å². The number of carbonyl (C=O) groups is 3. The number of nitrogens with zero attached hydrogens (tertiary/aromatic N) is 2. The molecule has 1 fully saturated rings. The fourth-order valence-corrected chi connectivity index (χ4v) is 6.21. The summed E-state index contributed by atoms with van der Waals surface area (Å²) in [5.41, 5.74) is 12.9. The van der Waals surface area contributed by atoms with Gasteiger partial charge < -0.3 is 20.5 Å². The quantitative estimate of drug-likeness (QED) is 0.305. The molecule has 5 aromatic rings. The molecule has 0 unspecified atom stereocenters. The first-order valence-electron chi connectivity index (χ1n) is 13.2. The van der Waals surface area contributed by atoms with E-state index in [2.05, 4.69) is 4.98 Å². The van der Waals surface area contributed by atoms with Gasteiger partial charge in [-0.05, 0) is 78.1 Å². The van der Waals surface area contributed by atoms with Crippen molar-refractivity contribution < 1.29 is 18.8 Å². The number of aromatic nitrogens is 1. The molecule has 0 saturated carbocycles. The Balaban J connectivity index is 1.40. The third kappa shape index (κ3) is 3.52. The van der Waals surface area contributed by atoms with Gasteiger partial charge in [0.25, 0.3) is 11.8 Å². The zero-order valence-electron chi connectivity index (χ0n) is 21.8. The lowest BCUT2D eigenvalue weighted by molar-refractivity contribution is -0.117. The molecule has 0 atom stereocenters. The minimum absolute atomic E-state index is 0.0998. The average Bonchev–Trinajstić information content (AvgIpc) is 3.62. The van der Waals surface area contributed by atoms with Gasteiger partial charge in [-0.15, -0.1) is 0 Å². The number of primary amides is 1. The molecule has 1 aromatic heterocycles. The molecule has 4 aromatic carbocycles. The lowest BCUT2D eigenvalue weighted by Crippen LogP contribution is -2.24. The number of H-pyrrole nitrogens is 1. The normalized spacial score (nSPS) is 15.1. The predicted octanol–water partition coefficient (Wildman–Crippen LogP) is 5.82. The molecule has 3 heterocycles. The van der Waals surface area contributed by atoms with Crippen LogP contribution in [0.15, 0.2) is 66.7 Å². The van der Waals surface area contributed by atoms with Gasteiger partial charge in [-0.3, -0.25) is 14.4 Å². The summed E-state index contributed by atoms with van der Waals surface area (Å²) in [5, 5.41) is 1.73. The van der Waals surface area contributed by atoms with Crippen molar-refractivity contribution in [3.63, 3.8) is 0 Å². The maximum absolute atomic E-state index is 13.9. The second kappa shape index (κ2) is 8.77. The number of hydrogen-bond acceptors (Lipinski definition) is 3. The molecule has 7 rings (SSSR count). The molecule has 2 aliphatic heterocycles. The Morgan fingerprint density at radius 3 is 2.55 bits per heavy atom. The molecular formula is C32H25FN4O3. The second-order valence-electron chi connectivity index (χ2n) is 10.4. The highest BCUT2D eigenvalue weighted by Crippen LogP contribution is 2.42. The van der Waals surface area contributed by atoms with Crippen molar-refractivity contribution in [1.29, 1.82) is 0 Å². The van der Waals surface area contributed by atoms with Crippen LogP contribution in [0.1, 0.15) is 44.7 Å². The number of amides is 3. The molecule has 2 aliphatic rings. The molecule has 0 aliphatic carbocycles. The first kappa shape index (κ1) is 24.1. The molecule has 0 bridgehead atoms. The summed E-state index contributed by atoms with van der Waals surface area (Å²) >= 11 is 0. The van der Waals surface area contributed by atoms with E-state index in [9.17, 15) is 18.8 Å². The van der Waals surface area contributed by atoms with Crippen LogP contribution in [0.2, 0.25) is 0 Å². The van der Waals surface area contributed by atoms with Gasteiger partial charge in [-0.1, -0.05) is 24.3 Å². The third-order valence-electron chi connectivity index (χ3n) is 8.15. The van der Waals surface area contributed by atoms with Crippen LogP contribution in [0.3, 0.4) is 0 Å². The van der Waals surface area contributed by atoms with E-state index in [4.69, 9.17) is 5.73 Å². The number of benzene rings is 4. The van der Waals surface area contributed by atoms with Gasteiger partial charge in [-0.2, -0.15) is 0 Å². The number of nitrogens with two attached hydrogens (primary N) is 1. The van der Waals surface area contributed by atoms with Crippen LogP contribution in [0, 0.1) is 12.7 Å². The predicted molar refractivity (Wildman–Crippen MR) is 153 cm³/mol. The molecule has 1 saturated heterocycles. The highest BCUT2D eigenvalue weighted by Gasteiger charge is 2.30. The van der Waals surface area contributed by atoms with Gasteiger partial charge in [0.15, 0.2) is 0 Å². The molecule has 0 spiro atoms. The minimum atomic E-state index is -0.545. The molecule has 198 valence electrons. The summed E-state index contributed by atoms with van der Waals surface area (Å²) in [5.74, 6) is -0.980. The number of fused-ring (bicyclic) bond motifs is 4. The first-order valence-corrected chi connectivity index (χ1v) is 13.2. The molecule has 8 heteroatoms. The average molecular weight is 533 g/mol. The molecular weight excluding hydrogens is 507 g/mol. The van der Waals surface area contributed by atoms with Crippen molar-refractivity contribution in [3.05, 3.63) is 94.8 Å². The van der Waals surface area contributed by atoms with E-state index in [0.29, 0.717) is 35.2 Å². The van der Waals surface area contributed by atoms with E-state index in [0.717, 1.165) is 50.8 Å². The van der Waals surface area contributed by atoms with Gasteiger partial charge >= 0.3 is 0 Å². The molecule has 7 nitrogen and oxygen atoms in total. The van der Waals surface area contributed by atoms with Crippen LogP contribution in [0.25, 0.3) is 32.9 Å². The van der Waals surface area contributed by atoms with Crippen molar-refractivity contribution in [1.82, 2.24) is 4.98 Å². The van der Waals surface area contributed by atoms with Crippen LogP contribution >= 0.6 is 0 Å². The Morgan fingerprint density at radius 1 is 0.950 bits per heavy atom. The van der Waals surface area contributed by atoms with E-state index < -0.39 is 5.91 Å². The highest BCUT2D eigenvalue weighted by molar-refractivity contribution is 6.21. The topological polar surface area (TPSA) is 99.5 Å². The first-order chi connectivity index (χ1) is 19.3. The molecule has 0 radical (unpaired) electrons. The van der Waals surface area contributed by atoms with E-state index in [1.165, 1.54) is 18.2 Å². The van der Waals surface area contributed by atoms with Crippen molar-refractivity contribution in [3.8, 4) is 11.1 Å². The lowest BCUT2D eigenvalue weighted by Gasteiger charge is -2.21. The number of rotatable bonds is 4. The molecule has 3 amide bonds. The fraction of sp³-hybridized carbons (Fsp3) is 0.156. The third-order valence-corrected chi connectivity index (χ3v) is 8.15. The van der Waals surface area contributed by atoms with Crippen LogP contribution in [-0.2, 0) is 11.3 Å². The summed E-state index contributed by atoms with van der Waals surface area (Å²) in [4.78, 5) is 44.9. The summed E-state index contributed by atoms with van der Waals surface area (Å²) < 4.78 is 13.9. The Hall–Kier alpha value is -4.98. The number of hydrogen-bond donors (Lipinski definition) is 2. The van der Waals surface area contributed by atoms with Crippen LogP contribution in [-0.4, -0.2) is 29.3 Å². The maximum Gasteiger partial charge on any atom is 0.258 e. The van der Waals surface area contributed by atoms with Crippen LogP contribution in [0.4, 0.5) is 15.8 Å². The van der Waals surface area contributed by atoms with Crippen LogP contribution in [0.5, 0.6) is 0 Å². The number of carbonyl (C=O) groups excluding carboxylic acids is 3. The van der Waals surface area contributed by atoms with Crippen molar-refractivity contribution >= 4 is 50.9 Å². The molecule has 3 N–H and O–H groups in total. The summed E-state index contributed by atoms with van der Waals surface area (Å²) in [6, 6.07) is 19.5. The van der Waals surface area contributed by atoms with Gasteiger partial charge in [0.1, 0.15) is 5.82 Å². The van der Waals surface area contributed by atoms with Gasteiger partial charge in [0, 0.05) is 46.2 Å². The lowest BCUT2D eigenvalue weighted by atomic mass is 9.93. The van der Waals surface area contributed by atoms with Gasteiger partial charge in [-0.25, -0.2) is 4.39 Å². The molecule has 40 heavy (non-hydrogen) atoms. The van der Waals surface area contributed by atoms with Crippen LogP contribution < -0.4 is 15.5 Å². The number of nitrogens with one attached hydrogen (secondary N) is 1. The zero-order valence-corrected chi connectivity index (χ0v) is 21.8. The number of anilines is 2. The van der Waals surface area contributed by atoms with E-state index >= 15 is 0 Å². The second-order valence-corrected chi connectivity index (χ2v) is 10.4. The highest BCUT2D eigenvalue weighted by atomic mass is 19.1. The SMILES string of the molecule is Cc1c(-c2ccc(C(N)=O)c3[nH]c4cc(N5CCCC5=O)ccc4c23)cccc1N1Cc2cc(F)ccc2C1=O. The Kier molecular flexibility index (Phi) is 5.28. The van der Waals surface area contributed by atoms with Crippen molar-refractivity contribution in [2.45, 2.75) is 26.3 Å². The standard InChI is InChI=1S/C32H25FN4O3/c1-17-21(4-2-5-27(17)37-16-18-14-19(33)7-9-22(18)32(37)40)23-11-12-25(31(34)39)30-29(23)24-10-8-20(15-26(24)35-30)36-13-3-6-28(36)38/h2,4-5,7-12,14-15,35H,3,6,13,16H2,1H3,(H2,34,39). The summed E-state index contributed by atoms with van der Waals surface area (Å²) in [6.07, 6.45) is 1.37. The van der Waals surface area contributed by atoms with Gasteiger partial charge in [0.05, 0.1) is 17.6 Å². The summed E-state index contributed by atoms with van der Waals surface area (Å²) in [6.45, 7) is 2.93.